The molecule has 0 saturated carbocycles. The largest absolute Gasteiger partial charge is 0.416 e. The van der Waals surface area contributed by atoms with Crippen molar-refractivity contribution in [1.29, 1.82) is 0 Å². The van der Waals surface area contributed by atoms with Crippen LogP contribution in [0, 0.1) is 0 Å². The van der Waals surface area contributed by atoms with Crippen LogP contribution in [0.3, 0.4) is 0 Å². The van der Waals surface area contributed by atoms with E-state index in [0.717, 1.165) is 39.7 Å². The smallest absolute Gasteiger partial charge is 0.355 e. The number of H-pyrrole nitrogens is 2. The van der Waals surface area contributed by atoms with Gasteiger partial charge in [-0.2, -0.15) is 13.2 Å². The predicted molar refractivity (Wildman–Crippen MR) is 129 cm³/mol. The Kier molecular flexibility index (Phi) is 4.52. The van der Waals surface area contributed by atoms with Crippen LogP contribution in [0.2, 0.25) is 0 Å². The Hall–Kier alpha value is -4.39. The molecule has 2 aliphatic rings. The number of benzene rings is 1. The molecule has 2 aliphatic heterocycles. The lowest BCUT2D eigenvalue weighted by Crippen LogP contribution is -2.04. The van der Waals surface area contributed by atoms with Crippen LogP contribution in [0.1, 0.15) is 28.3 Å². The first-order chi connectivity index (χ1) is 16.4. The molecule has 5 heterocycles. The van der Waals surface area contributed by atoms with E-state index < -0.39 is 11.7 Å². The molecule has 34 heavy (non-hydrogen) atoms. The van der Waals surface area contributed by atoms with Gasteiger partial charge < -0.3 is 9.97 Å². The Labute approximate surface area is 192 Å². The summed E-state index contributed by atoms with van der Waals surface area (Å²) in [5.74, 6) is 0. The molecule has 2 N–H and O–H groups in total. The summed E-state index contributed by atoms with van der Waals surface area (Å²) in [6.07, 6.45) is 3.22. The van der Waals surface area contributed by atoms with E-state index in [2.05, 4.69) is 19.9 Å². The van der Waals surface area contributed by atoms with E-state index in [1.165, 1.54) is 12.1 Å². The number of hydrogen-bond acceptors (Lipinski definition) is 2. The molecule has 1 aromatic carbocycles. The Morgan fingerprint density at radius 3 is 1.94 bits per heavy atom. The molecule has 0 atom stereocenters. The third-order valence-electron chi connectivity index (χ3n) is 5.67. The van der Waals surface area contributed by atoms with Gasteiger partial charge >= 0.3 is 6.18 Å². The lowest BCUT2D eigenvalue weighted by atomic mass is 10.0. The SMILES string of the molecule is FC(F)(F)c1cccc(-c2cc3cc4ccc(cc5nc(cc6nc(cc2[nH]3)C=C6)C=C5)[nH]4)c1. The van der Waals surface area contributed by atoms with Crippen LogP contribution in [0.4, 0.5) is 13.2 Å². The molecule has 6 rings (SSSR count). The summed E-state index contributed by atoms with van der Waals surface area (Å²) in [6.45, 7) is 0. The average molecular weight is 454 g/mol. The number of hydrogen-bond donors (Lipinski definition) is 2. The molecule has 166 valence electrons. The minimum Gasteiger partial charge on any atom is -0.355 e. The fraction of sp³-hybridized carbons (Fsp3) is 0.0370. The average Bonchev–Trinajstić information content (AvgIpc) is 3.58. The third kappa shape index (κ3) is 3.92. The Morgan fingerprint density at radius 2 is 1.24 bits per heavy atom. The lowest BCUT2D eigenvalue weighted by molar-refractivity contribution is -0.137. The molecule has 8 bridgehead atoms. The van der Waals surface area contributed by atoms with Gasteiger partial charge in [-0.3, -0.25) is 0 Å². The van der Waals surface area contributed by atoms with Gasteiger partial charge in [-0.15, -0.1) is 0 Å². The second-order valence-electron chi connectivity index (χ2n) is 8.17. The van der Waals surface area contributed by atoms with Gasteiger partial charge in [0, 0.05) is 27.6 Å². The molecule has 0 saturated heterocycles. The minimum absolute atomic E-state index is 0.474. The highest BCUT2D eigenvalue weighted by Gasteiger charge is 2.30. The van der Waals surface area contributed by atoms with Crippen molar-refractivity contribution in [3.63, 3.8) is 0 Å². The van der Waals surface area contributed by atoms with Crippen molar-refractivity contribution in [2.45, 2.75) is 6.18 Å². The van der Waals surface area contributed by atoms with E-state index in [9.17, 15) is 13.2 Å². The summed E-state index contributed by atoms with van der Waals surface area (Å²) in [7, 11) is 0. The fourth-order valence-corrected chi connectivity index (χ4v) is 4.12. The summed E-state index contributed by atoms with van der Waals surface area (Å²) >= 11 is 0. The molecule has 3 aromatic heterocycles. The molecule has 0 fully saturated rings. The van der Waals surface area contributed by atoms with E-state index in [0.29, 0.717) is 22.3 Å². The number of aromatic nitrogens is 4. The molecule has 4 aromatic rings. The van der Waals surface area contributed by atoms with Gasteiger partial charge in [0.05, 0.1) is 28.3 Å². The highest BCUT2D eigenvalue weighted by molar-refractivity contribution is 5.88. The van der Waals surface area contributed by atoms with Gasteiger partial charge in [-0.25, -0.2) is 9.97 Å². The molecule has 7 heteroatoms. The predicted octanol–water partition coefficient (Wildman–Crippen LogP) is 7.34. The summed E-state index contributed by atoms with van der Waals surface area (Å²) < 4.78 is 40.0. The van der Waals surface area contributed by atoms with E-state index in [1.807, 2.05) is 66.8 Å². The zero-order chi connectivity index (χ0) is 23.3. The van der Waals surface area contributed by atoms with Gasteiger partial charge in [-0.05, 0) is 84.5 Å². The zero-order valence-electron chi connectivity index (χ0n) is 17.7. The van der Waals surface area contributed by atoms with Crippen molar-refractivity contribution in [2.75, 3.05) is 0 Å². The maximum absolute atomic E-state index is 13.3. The maximum atomic E-state index is 13.3. The molecule has 0 amide bonds. The molecule has 0 radical (unpaired) electrons. The number of halogens is 3. The number of rotatable bonds is 1. The van der Waals surface area contributed by atoms with Crippen molar-refractivity contribution in [2.24, 2.45) is 0 Å². The topological polar surface area (TPSA) is 57.4 Å². The number of nitrogens with one attached hydrogen (secondary N) is 2. The van der Waals surface area contributed by atoms with Gasteiger partial charge in [0.15, 0.2) is 0 Å². The number of nitrogens with zero attached hydrogens (tertiary/aromatic N) is 2. The number of aromatic amines is 2. The highest BCUT2D eigenvalue weighted by Crippen LogP contribution is 2.34. The van der Waals surface area contributed by atoms with Gasteiger partial charge in [-0.1, -0.05) is 12.1 Å². The van der Waals surface area contributed by atoms with Crippen LogP contribution in [-0.4, -0.2) is 19.9 Å². The highest BCUT2D eigenvalue weighted by atomic mass is 19.4. The molecule has 0 unspecified atom stereocenters. The number of alkyl halides is 3. The molecule has 4 nitrogen and oxygen atoms in total. The summed E-state index contributed by atoms with van der Waals surface area (Å²) in [6, 6.07) is 18.7. The Morgan fingerprint density at radius 1 is 0.588 bits per heavy atom. The van der Waals surface area contributed by atoms with Crippen molar-refractivity contribution in [1.82, 2.24) is 19.9 Å². The van der Waals surface area contributed by atoms with Crippen molar-refractivity contribution >= 4 is 46.4 Å². The van der Waals surface area contributed by atoms with Crippen LogP contribution in [0.5, 0.6) is 0 Å². The maximum Gasteiger partial charge on any atom is 0.416 e. The van der Waals surface area contributed by atoms with Crippen LogP contribution in [-0.2, 0) is 6.18 Å². The van der Waals surface area contributed by atoms with Crippen molar-refractivity contribution < 1.29 is 13.2 Å². The zero-order valence-corrected chi connectivity index (χ0v) is 17.7. The number of fused-ring (bicyclic) bond motifs is 8. The second-order valence-corrected chi connectivity index (χ2v) is 8.17. The van der Waals surface area contributed by atoms with E-state index in [4.69, 9.17) is 0 Å². The minimum atomic E-state index is -4.42. The summed E-state index contributed by atoms with van der Waals surface area (Å²) in [4.78, 5) is 15.9. The third-order valence-corrected chi connectivity index (χ3v) is 5.67. The first kappa shape index (κ1) is 20.2. The first-order valence-corrected chi connectivity index (χ1v) is 10.7. The van der Waals surface area contributed by atoms with Crippen LogP contribution in [0.25, 0.3) is 57.5 Å². The second kappa shape index (κ2) is 7.59. The molecular formula is C27H17F3N4. The molecule has 0 aliphatic carbocycles. The van der Waals surface area contributed by atoms with Gasteiger partial charge in [0.1, 0.15) is 0 Å². The first-order valence-electron chi connectivity index (χ1n) is 10.7. The van der Waals surface area contributed by atoms with Gasteiger partial charge in [0.25, 0.3) is 0 Å². The fourth-order valence-electron chi connectivity index (χ4n) is 4.12. The van der Waals surface area contributed by atoms with E-state index >= 15 is 0 Å². The van der Waals surface area contributed by atoms with Crippen LogP contribution >= 0.6 is 0 Å². The lowest BCUT2D eigenvalue weighted by Gasteiger charge is -2.08. The van der Waals surface area contributed by atoms with E-state index in [-0.39, 0.29) is 0 Å². The monoisotopic (exact) mass is 454 g/mol. The van der Waals surface area contributed by atoms with E-state index in [1.54, 1.807) is 6.07 Å². The molecular weight excluding hydrogens is 437 g/mol. The van der Waals surface area contributed by atoms with Crippen LogP contribution in [0.15, 0.2) is 66.7 Å². The summed E-state index contributed by atoms with van der Waals surface area (Å²) in [5, 5.41) is 0. The standard InChI is InChI=1S/C27H17F3N4/c28-27(29,30)17-3-1-2-16(10-17)25-14-24-13-22-7-6-20(32-22)11-18-4-5-19(31-18)12-21-8-9-23(33-21)15-26(25)34-24/h1-15,32,34H. The van der Waals surface area contributed by atoms with Crippen molar-refractivity contribution in [3.05, 3.63) is 95.1 Å². The Balaban J connectivity index is 1.64. The quantitative estimate of drug-likeness (QED) is 0.273. The van der Waals surface area contributed by atoms with Crippen LogP contribution < -0.4 is 0 Å². The molecule has 0 spiro atoms. The Bertz CT molecular complexity index is 1650. The van der Waals surface area contributed by atoms with Gasteiger partial charge in [0.2, 0.25) is 0 Å². The normalized spacial score (nSPS) is 12.9. The van der Waals surface area contributed by atoms with Crippen molar-refractivity contribution in [3.8, 4) is 11.1 Å². The summed E-state index contributed by atoms with van der Waals surface area (Å²) in [5.41, 5.74) is 6.71.